The molecule has 0 aliphatic heterocycles. The van der Waals surface area contributed by atoms with E-state index in [9.17, 15) is 14.7 Å². The van der Waals surface area contributed by atoms with E-state index in [1.54, 1.807) is 30.3 Å². The number of rotatable bonds is 2. The maximum Gasteiger partial charge on any atom is 0.336 e. The van der Waals surface area contributed by atoms with Gasteiger partial charge in [0.2, 0.25) is 0 Å². The van der Waals surface area contributed by atoms with E-state index < -0.39 is 11.5 Å². The molecule has 1 heterocycles. The number of hydrogen-bond donors (Lipinski definition) is 2. The summed E-state index contributed by atoms with van der Waals surface area (Å²) in [6, 6.07) is 12.8. The Morgan fingerprint density at radius 1 is 1.14 bits per heavy atom. The molecule has 1 amide bonds. The maximum atomic E-state index is 12.1. The quantitative estimate of drug-likeness (QED) is 0.712. The molecule has 3 rings (SSSR count). The van der Waals surface area contributed by atoms with Crippen LogP contribution in [0, 0.1) is 6.92 Å². The van der Waals surface area contributed by atoms with Gasteiger partial charge in [0.25, 0.3) is 5.91 Å². The van der Waals surface area contributed by atoms with Gasteiger partial charge in [-0.1, -0.05) is 12.1 Å². The van der Waals surface area contributed by atoms with Crippen LogP contribution in [-0.2, 0) is 0 Å². The fraction of sp³-hybridized carbons (Fsp3) is 0.0588. The van der Waals surface area contributed by atoms with Crippen LogP contribution in [0.3, 0.4) is 0 Å². The third-order valence-electron chi connectivity index (χ3n) is 3.36. The lowest BCUT2D eigenvalue weighted by Crippen LogP contribution is -2.12. The summed E-state index contributed by atoms with van der Waals surface area (Å²) in [7, 11) is 0. The van der Waals surface area contributed by atoms with E-state index in [0.717, 1.165) is 10.9 Å². The average Bonchev–Trinajstić information content (AvgIpc) is 2.47. The smallest absolute Gasteiger partial charge is 0.336 e. The topological polar surface area (TPSA) is 79.5 Å². The van der Waals surface area contributed by atoms with Crippen LogP contribution < -0.4 is 10.9 Å². The molecule has 0 fully saturated rings. The molecule has 0 aliphatic carbocycles. The van der Waals surface area contributed by atoms with E-state index in [0.29, 0.717) is 11.3 Å². The number of amides is 1. The lowest BCUT2D eigenvalue weighted by atomic mass is 10.1. The van der Waals surface area contributed by atoms with Crippen LogP contribution in [-0.4, -0.2) is 11.0 Å². The highest BCUT2D eigenvalue weighted by molar-refractivity contribution is 6.06. The highest BCUT2D eigenvalue weighted by atomic mass is 16.4. The zero-order valence-electron chi connectivity index (χ0n) is 11.8. The molecule has 0 unspecified atom stereocenters. The van der Waals surface area contributed by atoms with E-state index in [2.05, 4.69) is 5.32 Å². The number of fused-ring (bicyclic) bond motifs is 1. The monoisotopic (exact) mass is 295 g/mol. The van der Waals surface area contributed by atoms with Gasteiger partial charge in [-0.15, -0.1) is 0 Å². The van der Waals surface area contributed by atoms with Crippen LogP contribution in [0.15, 0.2) is 57.7 Å². The van der Waals surface area contributed by atoms with Gasteiger partial charge in [0.1, 0.15) is 11.3 Å². The Morgan fingerprint density at radius 2 is 1.91 bits per heavy atom. The fourth-order valence-corrected chi connectivity index (χ4v) is 2.27. The summed E-state index contributed by atoms with van der Waals surface area (Å²) in [6.07, 6.45) is 0. The Kier molecular flexibility index (Phi) is 3.39. The highest BCUT2D eigenvalue weighted by Crippen LogP contribution is 2.22. The SMILES string of the molecule is Cc1cc(=O)oc2cc(NC(=O)c3ccccc3O)ccc12. The number of aromatic hydroxyl groups is 1. The summed E-state index contributed by atoms with van der Waals surface area (Å²) in [4.78, 5) is 23.6. The van der Waals surface area contributed by atoms with Crippen molar-refractivity contribution >= 4 is 22.6 Å². The number of carbonyl (C=O) groups excluding carboxylic acids is 1. The lowest BCUT2D eigenvalue weighted by Gasteiger charge is -2.08. The molecule has 2 aromatic carbocycles. The molecule has 3 aromatic rings. The Labute approximate surface area is 125 Å². The van der Waals surface area contributed by atoms with E-state index in [-0.39, 0.29) is 11.3 Å². The predicted molar refractivity (Wildman–Crippen MR) is 83.3 cm³/mol. The summed E-state index contributed by atoms with van der Waals surface area (Å²) >= 11 is 0. The van der Waals surface area contributed by atoms with Gasteiger partial charge >= 0.3 is 5.63 Å². The Hall–Kier alpha value is -3.08. The van der Waals surface area contributed by atoms with Crippen molar-refractivity contribution in [3.8, 4) is 5.75 Å². The van der Waals surface area contributed by atoms with Crippen LogP contribution in [0.1, 0.15) is 15.9 Å². The first-order valence-electron chi connectivity index (χ1n) is 6.68. The second-order valence-electron chi connectivity index (χ2n) is 4.93. The summed E-state index contributed by atoms with van der Waals surface area (Å²) in [5, 5.41) is 13.2. The van der Waals surface area contributed by atoms with Gasteiger partial charge < -0.3 is 14.8 Å². The van der Waals surface area contributed by atoms with Crippen molar-refractivity contribution in [2.45, 2.75) is 6.92 Å². The number of hydrogen-bond acceptors (Lipinski definition) is 4. The Balaban J connectivity index is 1.96. The van der Waals surface area contributed by atoms with E-state index in [4.69, 9.17) is 4.42 Å². The van der Waals surface area contributed by atoms with Crippen molar-refractivity contribution in [3.63, 3.8) is 0 Å². The molecule has 0 saturated heterocycles. The van der Waals surface area contributed by atoms with Gasteiger partial charge in [-0.2, -0.15) is 0 Å². The minimum Gasteiger partial charge on any atom is -0.507 e. The fourth-order valence-electron chi connectivity index (χ4n) is 2.27. The molecule has 0 atom stereocenters. The molecule has 0 radical (unpaired) electrons. The number of anilines is 1. The summed E-state index contributed by atoms with van der Waals surface area (Å²) in [6.45, 7) is 1.82. The van der Waals surface area contributed by atoms with Gasteiger partial charge in [0.15, 0.2) is 0 Å². The van der Waals surface area contributed by atoms with E-state index in [1.165, 1.54) is 18.2 Å². The second-order valence-corrected chi connectivity index (χ2v) is 4.93. The molecule has 110 valence electrons. The minimum atomic E-state index is -0.438. The minimum absolute atomic E-state index is 0.0943. The lowest BCUT2D eigenvalue weighted by molar-refractivity contribution is 0.102. The number of aryl methyl sites for hydroxylation is 1. The third kappa shape index (κ3) is 2.56. The Morgan fingerprint density at radius 3 is 2.68 bits per heavy atom. The standard InChI is InChI=1S/C17H13NO4/c1-10-8-16(20)22-15-9-11(6-7-12(10)15)18-17(21)13-4-2-3-5-14(13)19/h2-9,19H,1H3,(H,18,21). The van der Waals surface area contributed by atoms with E-state index >= 15 is 0 Å². The largest absolute Gasteiger partial charge is 0.507 e. The molecular weight excluding hydrogens is 282 g/mol. The van der Waals surface area contributed by atoms with E-state index in [1.807, 2.05) is 6.92 Å². The third-order valence-corrected chi connectivity index (χ3v) is 3.36. The van der Waals surface area contributed by atoms with Gasteiger partial charge in [-0.3, -0.25) is 4.79 Å². The molecule has 1 aromatic heterocycles. The molecule has 0 aliphatic rings. The molecule has 5 nitrogen and oxygen atoms in total. The molecule has 22 heavy (non-hydrogen) atoms. The number of carbonyl (C=O) groups is 1. The first-order valence-corrected chi connectivity index (χ1v) is 6.68. The first-order chi connectivity index (χ1) is 10.5. The molecule has 2 N–H and O–H groups in total. The zero-order valence-corrected chi connectivity index (χ0v) is 11.8. The summed E-state index contributed by atoms with van der Waals surface area (Å²) < 4.78 is 5.14. The highest BCUT2D eigenvalue weighted by Gasteiger charge is 2.11. The average molecular weight is 295 g/mol. The normalized spacial score (nSPS) is 10.6. The van der Waals surface area contributed by atoms with Gasteiger partial charge in [0.05, 0.1) is 5.56 Å². The number of phenols is 1. The van der Waals surface area contributed by atoms with Gasteiger partial charge in [-0.05, 0) is 36.8 Å². The molecule has 0 saturated carbocycles. The molecular formula is C17H13NO4. The van der Waals surface area contributed by atoms with Crippen molar-refractivity contribution in [1.29, 1.82) is 0 Å². The first kappa shape index (κ1) is 13.9. The summed E-state index contributed by atoms with van der Waals surface area (Å²) in [5.41, 5.74) is 1.43. The number of para-hydroxylation sites is 1. The van der Waals surface area contributed by atoms with Crippen LogP contribution in [0.5, 0.6) is 5.75 Å². The second kappa shape index (κ2) is 5.37. The van der Waals surface area contributed by atoms with Crippen molar-refractivity contribution in [2.75, 3.05) is 5.32 Å². The number of nitrogens with one attached hydrogen (secondary N) is 1. The van der Waals surface area contributed by atoms with Crippen molar-refractivity contribution in [3.05, 3.63) is 70.1 Å². The van der Waals surface area contributed by atoms with Crippen molar-refractivity contribution in [1.82, 2.24) is 0 Å². The molecule has 0 bridgehead atoms. The molecule has 0 spiro atoms. The zero-order chi connectivity index (χ0) is 15.7. The van der Waals surface area contributed by atoms with Gasteiger partial charge in [0, 0.05) is 23.2 Å². The summed E-state index contributed by atoms with van der Waals surface area (Å²) in [5.74, 6) is -0.532. The predicted octanol–water partition coefficient (Wildman–Crippen LogP) is 3.06. The maximum absolute atomic E-state index is 12.1. The Bertz CT molecular complexity index is 927. The van der Waals surface area contributed by atoms with Crippen LogP contribution in [0.4, 0.5) is 5.69 Å². The van der Waals surface area contributed by atoms with Crippen molar-refractivity contribution in [2.24, 2.45) is 0 Å². The van der Waals surface area contributed by atoms with Crippen LogP contribution in [0.2, 0.25) is 0 Å². The number of phenolic OH excluding ortho intramolecular Hbond substituents is 1. The van der Waals surface area contributed by atoms with Gasteiger partial charge in [-0.25, -0.2) is 4.79 Å². The van der Waals surface area contributed by atoms with Crippen LogP contribution in [0.25, 0.3) is 11.0 Å². The number of benzene rings is 2. The molecule has 5 heteroatoms. The van der Waals surface area contributed by atoms with Crippen molar-refractivity contribution < 1.29 is 14.3 Å². The van der Waals surface area contributed by atoms with Crippen LogP contribution >= 0.6 is 0 Å².